The largest absolute Gasteiger partial charge is 0.370 e. The van der Waals surface area contributed by atoms with Crippen molar-refractivity contribution in [1.29, 1.82) is 0 Å². The number of benzene rings is 1. The van der Waals surface area contributed by atoms with Crippen LogP contribution in [-0.4, -0.2) is 10.9 Å². The summed E-state index contributed by atoms with van der Waals surface area (Å²) in [5.41, 5.74) is 12.9. The molecular formula is C12H13N3O. The van der Waals surface area contributed by atoms with Gasteiger partial charge in [-0.25, -0.2) is 0 Å². The summed E-state index contributed by atoms with van der Waals surface area (Å²) in [6.45, 7) is 0. The number of hydrogen-bond acceptors (Lipinski definition) is 3. The first-order chi connectivity index (χ1) is 7.68. The Balaban J connectivity index is 2.47. The van der Waals surface area contributed by atoms with E-state index >= 15 is 0 Å². The van der Waals surface area contributed by atoms with Gasteiger partial charge < -0.3 is 11.5 Å². The quantitative estimate of drug-likeness (QED) is 0.804. The minimum Gasteiger partial charge on any atom is -0.370 e. The lowest BCUT2D eigenvalue weighted by Gasteiger charge is -2.12. The Bertz CT molecular complexity index is 519. The van der Waals surface area contributed by atoms with E-state index in [1.54, 1.807) is 6.20 Å². The van der Waals surface area contributed by atoms with Crippen LogP contribution in [-0.2, 0) is 4.79 Å². The summed E-state index contributed by atoms with van der Waals surface area (Å²) in [6.07, 6.45) is 1.87. The number of carbonyl (C=O) groups excluding carboxylic acids is 1. The molecule has 1 amide bonds. The molecule has 1 aromatic heterocycles. The van der Waals surface area contributed by atoms with Gasteiger partial charge in [-0.05, 0) is 17.7 Å². The van der Waals surface area contributed by atoms with E-state index in [4.69, 9.17) is 11.5 Å². The molecule has 4 N–H and O–H groups in total. The molecule has 82 valence electrons. The first-order valence-electron chi connectivity index (χ1n) is 5.06. The molecule has 0 fully saturated rings. The van der Waals surface area contributed by atoms with E-state index < -0.39 is 5.91 Å². The van der Waals surface area contributed by atoms with Gasteiger partial charge in [0.15, 0.2) is 0 Å². The van der Waals surface area contributed by atoms with E-state index in [0.717, 1.165) is 16.5 Å². The molecule has 0 radical (unpaired) electrons. The van der Waals surface area contributed by atoms with Crippen LogP contribution in [0.15, 0.2) is 36.5 Å². The SMILES string of the molecule is NC(=O)CC(N)c1cccc2ncccc12. The maximum absolute atomic E-state index is 10.8. The second-order valence-corrected chi connectivity index (χ2v) is 3.69. The van der Waals surface area contributed by atoms with E-state index in [-0.39, 0.29) is 12.5 Å². The standard InChI is InChI=1S/C12H13N3O/c13-10(7-12(14)16)8-3-1-5-11-9(8)4-2-6-15-11/h1-6,10H,7,13H2,(H2,14,16). The Hall–Kier alpha value is -1.94. The van der Waals surface area contributed by atoms with Gasteiger partial charge in [-0.3, -0.25) is 9.78 Å². The number of amides is 1. The normalized spacial score (nSPS) is 12.6. The predicted octanol–water partition coefficient (Wildman–Crippen LogP) is 1.11. The van der Waals surface area contributed by atoms with Gasteiger partial charge in [0.2, 0.25) is 5.91 Å². The lowest BCUT2D eigenvalue weighted by atomic mass is 9.99. The Kier molecular flexibility index (Phi) is 2.83. The summed E-state index contributed by atoms with van der Waals surface area (Å²) >= 11 is 0. The smallest absolute Gasteiger partial charge is 0.219 e. The monoisotopic (exact) mass is 215 g/mol. The van der Waals surface area contributed by atoms with Gasteiger partial charge in [0.05, 0.1) is 5.52 Å². The molecule has 1 heterocycles. The number of nitrogens with zero attached hydrogens (tertiary/aromatic N) is 1. The van der Waals surface area contributed by atoms with Crippen LogP contribution in [0, 0.1) is 0 Å². The molecule has 1 atom stereocenters. The van der Waals surface area contributed by atoms with Crippen molar-refractivity contribution in [2.24, 2.45) is 11.5 Å². The zero-order valence-corrected chi connectivity index (χ0v) is 8.76. The first-order valence-corrected chi connectivity index (χ1v) is 5.06. The molecule has 1 aromatic carbocycles. The van der Waals surface area contributed by atoms with Crippen LogP contribution in [0.1, 0.15) is 18.0 Å². The van der Waals surface area contributed by atoms with Gasteiger partial charge in [0, 0.05) is 24.0 Å². The fourth-order valence-corrected chi connectivity index (χ4v) is 1.78. The minimum atomic E-state index is -0.395. The predicted molar refractivity (Wildman–Crippen MR) is 62.5 cm³/mol. The maximum atomic E-state index is 10.8. The average molecular weight is 215 g/mol. The third kappa shape index (κ3) is 2.01. The zero-order chi connectivity index (χ0) is 11.5. The van der Waals surface area contributed by atoms with Crippen LogP contribution in [0.3, 0.4) is 0 Å². The van der Waals surface area contributed by atoms with Gasteiger partial charge >= 0.3 is 0 Å². The van der Waals surface area contributed by atoms with Crippen LogP contribution >= 0.6 is 0 Å². The number of primary amides is 1. The number of carbonyl (C=O) groups is 1. The number of hydrogen-bond donors (Lipinski definition) is 2. The molecule has 2 rings (SSSR count). The topological polar surface area (TPSA) is 82.0 Å². The fraction of sp³-hybridized carbons (Fsp3) is 0.167. The molecule has 0 saturated heterocycles. The Morgan fingerprint density at radius 1 is 1.31 bits per heavy atom. The lowest BCUT2D eigenvalue weighted by Crippen LogP contribution is -2.20. The molecule has 0 saturated carbocycles. The summed E-state index contributed by atoms with van der Waals surface area (Å²) in [4.78, 5) is 15.1. The van der Waals surface area contributed by atoms with Gasteiger partial charge in [0.25, 0.3) is 0 Å². The second-order valence-electron chi connectivity index (χ2n) is 3.69. The summed E-state index contributed by atoms with van der Waals surface area (Å²) in [5, 5.41) is 0.971. The summed E-state index contributed by atoms with van der Waals surface area (Å²) in [7, 11) is 0. The van der Waals surface area contributed by atoms with Crippen molar-refractivity contribution in [2.45, 2.75) is 12.5 Å². The zero-order valence-electron chi connectivity index (χ0n) is 8.76. The van der Waals surface area contributed by atoms with E-state index in [2.05, 4.69) is 4.98 Å². The highest BCUT2D eigenvalue weighted by molar-refractivity contribution is 5.83. The molecule has 0 aliphatic rings. The number of fused-ring (bicyclic) bond motifs is 1. The Morgan fingerprint density at radius 3 is 2.88 bits per heavy atom. The highest BCUT2D eigenvalue weighted by Gasteiger charge is 2.12. The maximum Gasteiger partial charge on any atom is 0.219 e. The molecule has 2 aromatic rings. The van der Waals surface area contributed by atoms with Gasteiger partial charge in [-0.15, -0.1) is 0 Å². The van der Waals surface area contributed by atoms with Crippen molar-refractivity contribution in [1.82, 2.24) is 4.98 Å². The van der Waals surface area contributed by atoms with Gasteiger partial charge in [0.1, 0.15) is 0 Å². The molecule has 0 aliphatic heterocycles. The van der Waals surface area contributed by atoms with E-state index in [1.165, 1.54) is 0 Å². The van der Waals surface area contributed by atoms with Crippen LogP contribution in [0.2, 0.25) is 0 Å². The van der Waals surface area contributed by atoms with Crippen molar-refractivity contribution >= 4 is 16.8 Å². The summed E-state index contributed by atoms with van der Waals surface area (Å²) in [6, 6.07) is 9.12. The Morgan fingerprint density at radius 2 is 2.12 bits per heavy atom. The van der Waals surface area contributed by atoms with Crippen LogP contribution < -0.4 is 11.5 Å². The highest BCUT2D eigenvalue weighted by Crippen LogP contribution is 2.23. The molecule has 0 aliphatic carbocycles. The minimum absolute atomic E-state index is 0.147. The molecule has 0 spiro atoms. The molecule has 0 bridgehead atoms. The first kappa shape index (κ1) is 10.6. The summed E-state index contributed by atoms with van der Waals surface area (Å²) < 4.78 is 0. The fourth-order valence-electron chi connectivity index (χ4n) is 1.78. The van der Waals surface area contributed by atoms with E-state index in [1.807, 2.05) is 30.3 Å². The second kappa shape index (κ2) is 4.28. The lowest BCUT2D eigenvalue weighted by molar-refractivity contribution is -0.118. The molecule has 16 heavy (non-hydrogen) atoms. The van der Waals surface area contributed by atoms with Gasteiger partial charge in [-0.2, -0.15) is 0 Å². The van der Waals surface area contributed by atoms with Crippen molar-refractivity contribution in [2.75, 3.05) is 0 Å². The van der Waals surface area contributed by atoms with Gasteiger partial charge in [-0.1, -0.05) is 18.2 Å². The van der Waals surface area contributed by atoms with Crippen LogP contribution in [0.25, 0.3) is 10.9 Å². The van der Waals surface area contributed by atoms with Crippen molar-refractivity contribution in [3.05, 3.63) is 42.1 Å². The van der Waals surface area contributed by atoms with Crippen LogP contribution in [0.4, 0.5) is 0 Å². The number of pyridine rings is 1. The molecule has 1 unspecified atom stereocenters. The highest BCUT2D eigenvalue weighted by atomic mass is 16.1. The Labute approximate surface area is 93.3 Å². The van der Waals surface area contributed by atoms with Crippen molar-refractivity contribution in [3.63, 3.8) is 0 Å². The number of nitrogens with two attached hydrogens (primary N) is 2. The molecular weight excluding hydrogens is 202 g/mol. The third-order valence-corrected chi connectivity index (χ3v) is 2.50. The average Bonchev–Trinajstić information content (AvgIpc) is 2.27. The number of rotatable bonds is 3. The van der Waals surface area contributed by atoms with E-state index in [0.29, 0.717) is 0 Å². The summed E-state index contributed by atoms with van der Waals surface area (Å²) in [5.74, 6) is -0.395. The molecule has 4 nitrogen and oxygen atoms in total. The van der Waals surface area contributed by atoms with E-state index in [9.17, 15) is 4.79 Å². The van der Waals surface area contributed by atoms with Crippen LogP contribution in [0.5, 0.6) is 0 Å². The van der Waals surface area contributed by atoms with Crippen molar-refractivity contribution in [3.8, 4) is 0 Å². The third-order valence-electron chi connectivity index (χ3n) is 2.50. The van der Waals surface area contributed by atoms with Crippen molar-refractivity contribution < 1.29 is 4.79 Å². The molecule has 4 heteroatoms. The number of aromatic nitrogens is 1.